The van der Waals surface area contributed by atoms with Gasteiger partial charge in [0.15, 0.2) is 0 Å². The van der Waals surface area contributed by atoms with Gasteiger partial charge in [-0.25, -0.2) is 0 Å². The lowest BCUT2D eigenvalue weighted by atomic mass is 9.89. The Balaban J connectivity index is 3.96. The van der Waals surface area contributed by atoms with E-state index in [9.17, 15) is 4.79 Å². The molecule has 0 aliphatic rings. The lowest BCUT2D eigenvalue weighted by Crippen LogP contribution is -2.14. The van der Waals surface area contributed by atoms with Crippen LogP contribution in [0.5, 0.6) is 0 Å². The number of hydrogen-bond donors (Lipinski definition) is 0. The maximum atomic E-state index is 12.3. The lowest BCUT2D eigenvalue weighted by Gasteiger charge is -2.15. The van der Waals surface area contributed by atoms with Crippen molar-refractivity contribution in [2.75, 3.05) is 0 Å². The van der Waals surface area contributed by atoms with E-state index in [4.69, 9.17) is 0 Å². The molecule has 19 heavy (non-hydrogen) atoms. The molecular formula is C18H36O. The number of carbonyl (C=O) groups excluding carboxylic acids is 1. The van der Waals surface area contributed by atoms with Crippen molar-refractivity contribution in [2.45, 2.75) is 104 Å². The molecule has 0 aromatic carbocycles. The number of carbonyl (C=O) groups is 1. The van der Waals surface area contributed by atoms with Gasteiger partial charge >= 0.3 is 0 Å². The lowest BCUT2D eigenvalue weighted by molar-refractivity contribution is -0.123. The number of ketones is 1. The molecule has 0 radical (unpaired) electrons. The van der Waals surface area contributed by atoms with Crippen LogP contribution in [-0.2, 0) is 4.79 Å². The molecule has 0 aliphatic heterocycles. The second kappa shape index (κ2) is 14.1. The Kier molecular flexibility index (Phi) is 13.8. The van der Waals surface area contributed by atoms with E-state index in [1.165, 1.54) is 57.8 Å². The molecule has 0 fully saturated rings. The molecule has 1 atom stereocenters. The summed E-state index contributed by atoms with van der Waals surface area (Å²) < 4.78 is 0. The van der Waals surface area contributed by atoms with Crippen molar-refractivity contribution in [1.82, 2.24) is 0 Å². The first-order chi connectivity index (χ1) is 9.26. The first kappa shape index (κ1) is 18.7. The minimum atomic E-state index is 0.375. The average molecular weight is 268 g/mol. The molecule has 114 valence electrons. The van der Waals surface area contributed by atoms with Crippen molar-refractivity contribution in [1.29, 1.82) is 0 Å². The van der Waals surface area contributed by atoms with Gasteiger partial charge in [0.05, 0.1) is 0 Å². The van der Waals surface area contributed by atoms with E-state index in [2.05, 4.69) is 20.8 Å². The van der Waals surface area contributed by atoms with E-state index < -0.39 is 0 Å². The Bertz CT molecular complexity index is 198. The summed E-state index contributed by atoms with van der Waals surface area (Å²) in [6.45, 7) is 6.68. The predicted octanol–water partition coefficient (Wildman–Crippen LogP) is 6.30. The normalized spacial score (nSPS) is 12.6. The minimum Gasteiger partial charge on any atom is -0.299 e. The zero-order chi connectivity index (χ0) is 14.3. The van der Waals surface area contributed by atoms with Crippen molar-refractivity contribution in [3.63, 3.8) is 0 Å². The molecule has 0 saturated carbocycles. The maximum absolute atomic E-state index is 12.3. The average Bonchev–Trinajstić information content (AvgIpc) is 2.41. The van der Waals surface area contributed by atoms with Crippen LogP contribution in [0.1, 0.15) is 104 Å². The molecule has 1 unspecified atom stereocenters. The van der Waals surface area contributed by atoms with Gasteiger partial charge in [-0.15, -0.1) is 0 Å². The highest BCUT2D eigenvalue weighted by atomic mass is 16.1. The van der Waals surface area contributed by atoms with Gasteiger partial charge in [0, 0.05) is 12.3 Å². The monoisotopic (exact) mass is 268 g/mol. The third-order valence-corrected chi connectivity index (χ3v) is 4.04. The number of Topliss-reactive ketones (excluding diaryl/α,β-unsaturated/α-hetero) is 1. The summed E-state index contributed by atoms with van der Waals surface area (Å²) in [4.78, 5) is 12.3. The van der Waals surface area contributed by atoms with Gasteiger partial charge in [-0.05, 0) is 19.3 Å². The zero-order valence-corrected chi connectivity index (χ0v) is 13.7. The fourth-order valence-corrected chi connectivity index (χ4v) is 2.68. The second-order valence-electron chi connectivity index (χ2n) is 5.97. The van der Waals surface area contributed by atoms with Gasteiger partial charge in [0.1, 0.15) is 5.78 Å². The molecule has 0 N–H and O–H groups in total. The molecule has 0 heterocycles. The van der Waals surface area contributed by atoms with E-state index in [-0.39, 0.29) is 0 Å². The van der Waals surface area contributed by atoms with Gasteiger partial charge in [-0.3, -0.25) is 4.79 Å². The molecule has 0 aromatic heterocycles. The van der Waals surface area contributed by atoms with Crippen LogP contribution >= 0.6 is 0 Å². The smallest absolute Gasteiger partial charge is 0.135 e. The van der Waals surface area contributed by atoms with Crippen LogP contribution in [0.4, 0.5) is 0 Å². The summed E-state index contributed by atoms with van der Waals surface area (Å²) in [6.07, 6.45) is 15.6. The maximum Gasteiger partial charge on any atom is 0.135 e. The highest BCUT2D eigenvalue weighted by molar-refractivity contribution is 5.80. The third-order valence-electron chi connectivity index (χ3n) is 4.04. The standard InChI is InChI=1S/C18H36O/c1-4-7-10-13-15-17(14-11-8-5-2)18(19)16-12-9-6-3/h17H,4-16H2,1-3H3. The van der Waals surface area contributed by atoms with Gasteiger partial charge < -0.3 is 0 Å². The highest BCUT2D eigenvalue weighted by Crippen LogP contribution is 2.21. The van der Waals surface area contributed by atoms with Gasteiger partial charge in [0.25, 0.3) is 0 Å². The summed E-state index contributed by atoms with van der Waals surface area (Å²) >= 11 is 0. The van der Waals surface area contributed by atoms with Crippen LogP contribution in [0, 0.1) is 5.92 Å². The first-order valence-electron chi connectivity index (χ1n) is 8.78. The number of unbranched alkanes of at least 4 members (excludes halogenated alkanes) is 7. The van der Waals surface area contributed by atoms with Gasteiger partial charge in [-0.2, -0.15) is 0 Å². The van der Waals surface area contributed by atoms with Crippen molar-refractivity contribution >= 4 is 5.78 Å². The van der Waals surface area contributed by atoms with E-state index in [0.717, 1.165) is 25.7 Å². The molecule has 0 amide bonds. The molecule has 0 rings (SSSR count). The van der Waals surface area contributed by atoms with Gasteiger partial charge in [-0.1, -0.05) is 78.6 Å². The molecular weight excluding hydrogens is 232 g/mol. The molecule has 0 saturated heterocycles. The van der Waals surface area contributed by atoms with Crippen LogP contribution in [0.15, 0.2) is 0 Å². The molecule has 0 aliphatic carbocycles. The zero-order valence-electron chi connectivity index (χ0n) is 13.7. The molecule has 1 nitrogen and oxygen atoms in total. The predicted molar refractivity (Wildman–Crippen MR) is 85.5 cm³/mol. The Morgan fingerprint density at radius 2 is 1.16 bits per heavy atom. The third kappa shape index (κ3) is 11.2. The van der Waals surface area contributed by atoms with Crippen molar-refractivity contribution < 1.29 is 4.79 Å². The van der Waals surface area contributed by atoms with Crippen LogP contribution < -0.4 is 0 Å². The quantitative estimate of drug-likeness (QED) is 0.338. The van der Waals surface area contributed by atoms with Gasteiger partial charge in [0.2, 0.25) is 0 Å². The summed E-state index contributed by atoms with van der Waals surface area (Å²) in [6, 6.07) is 0. The van der Waals surface area contributed by atoms with Crippen LogP contribution in [-0.4, -0.2) is 5.78 Å². The second-order valence-corrected chi connectivity index (χ2v) is 5.97. The van der Waals surface area contributed by atoms with E-state index >= 15 is 0 Å². The number of hydrogen-bond acceptors (Lipinski definition) is 1. The Labute approximate surface area is 121 Å². The Morgan fingerprint density at radius 3 is 1.74 bits per heavy atom. The van der Waals surface area contributed by atoms with E-state index in [1.807, 2.05) is 0 Å². The van der Waals surface area contributed by atoms with Crippen molar-refractivity contribution in [3.8, 4) is 0 Å². The summed E-state index contributed by atoms with van der Waals surface area (Å²) in [5.41, 5.74) is 0. The van der Waals surface area contributed by atoms with Crippen molar-refractivity contribution in [3.05, 3.63) is 0 Å². The summed E-state index contributed by atoms with van der Waals surface area (Å²) in [7, 11) is 0. The molecule has 0 aromatic rings. The summed E-state index contributed by atoms with van der Waals surface area (Å²) in [5, 5.41) is 0. The first-order valence-corrected chi connectivity index (χ1v) is 8.78. The van der Waals surface area contributed by atoms with Crippen LogP contribution in [0.25, 0.3) is 0 Å². The molecule has 0 spiro atoms. The van der Waals surface area contributed by atoms with Crippen molar-refractivity contribution in [2.24, 2.45) is 5.92 Å². The minimum absolute atomic E-state index is 0.375. The van der Waals surface area contributed by atoms with Crippen LogP contribution in [0.2, 0.25) is 0 Å². The van der Waals surface area contributed by atoms with E-state index in [0.29, 0.717) is 11.7 Å². The largest absolute Gasteiger partial charge is 0.299 e. The topological polar surface area (TPSA) is 17.1 Å². The SMILES string of the molecule is CCCCCCC(CCCCC)C(=O)CCCCC. The summed E-state index contributed by atoms with van der Waals surface area (Å²) in [5.74, 6) is 0.932. The van der Waals surface area contributed by atoms with Crippen LogP contribution in [0.3, 0.4) is 0 Å². The Hall–Kier alpha value is -0.330. The fourth-order valence-electron chi connectivity index (χ4n) is 2.68. The molecule has 0 bridgehead atoms. The van der Waals surface area contributed by atoms with E-state index in [1.54, 1.807) is 0 Å². The Morgan fingerprint density at radius 1 is 0.684 bits per heavy atom. The number of rotatable bonds is 14. The highest BCUT2D eigenvalue weighted by Gasteiger charge is 2.16. The fraction of sp³-hybridized carbons (Fsp3) is 0.944. The molecule has 1 heteroatoms.